The summed E-state index contributed by atoms with van der Waals surface area (Å²) in [7, 11) is 1.53. The summed E-state index contributed by atoms with van der Waals surface area (Å²) in [4.78, 5) is 0. The Labute approximate surface area is 78.7 Å². The summed E-state index contributed by atoms with van der Waals surface area (Å²) >= 11 is 0. The molecular weight excluding hydrogens is 168 g/mol. The lowest BCUT2D eigenvalue weighted by atomic mass is 10.3. The predicted molar refractivity (Wildman–Crippen MR) is 52.3 cm³/mol. The average molecular weight is 184 g/mol. The van der Waals surface area contributed by atoms with Gasteiger partial charge in [-0.25, -0.2) is 0 Å². The first kappa shape index (κ1) is 11.8. The fraction of sp³-hybridized carbons (Fsp3) is 0.400. The monoisotopic (exact) mass is 184 g/mol. The van der Waals surface area contributed by atoms with Gasteiger partial charge in [0.25, 0.3) is 0 Å². The van der Waals surface area contributed by atoms with Gasteiger partial charge in [-0.3, -0.25) is 0 Å². The van der Waals surface area contributed by atoms with E-state index in [2.05, 4.69) is 0 Å². The van der Waals surface area contributed by atoms with E-state index >= 15 is 0 Å². The van der Waals surface area contributed by atoms with Gasteiger partial charge in [-0.05, 0) is 25.5 Å². The Morgan fingerprint density at radius 1 is 1.46 bits per heavy atom. The number of aliphatic hydroxyl groups is 2. The van der Waals surface area contributed by atoms with Crippen LogP contribution in [0.3, 0.4) is 0 Å². The van der Waals surface area contributed by atoms with Gasteiger partial charge in [0.15, 0.2) is 0 Å². The number of allylic oxidation sites excluding steroid dienone is 3. The smallest absolute Gasteiger partial charge is 0.122 e. The molecule has 3 heteroatoms. The molecule has 2 N–H and O–H groups in total. The fourth-order valence-corrected chi connectivity index (χ4v) is 0.756. The second-order valence-corrected chi connectivity index (χ2v) is 2.39. The molecule has 0 saturated carbocycles. The molecule has 0 aliphatic heterocycles. The van der Waals surface area contributed by atoms with Crippen LogP contribution in [0.2, 0.25) is 0 Å². The van der Waals surface area contributed by atoms with E-state index in [4.69, 9.17) is 9.84 Å². The van der Waals surface area contributed by atoms with Gasteiger partial charge in [0.05, 0.1) is 7.11 Å². The molecule has 0 radical (unpaired) electrons. The second kappa shape index (κ2) is 7.43. The van der Waals surface area contributed by atoms with Crippen molar-refractivity contribution in [1.82, 2.24) is 0 Å². The summed E-state index contributed by atoms with van der Waals surface area (Å²) in [5.74, 6) is 0.679. The number of ether oxygens (including phenoxy) is 1. The fourth-order valence-electron chi connectivity index (χ4n) is 0.756. The minimum atomic E-state index is 0.0316. The van der Waals surface area contributed by atoms with E-state index in [1.54, 1.807) is 6.08 Å². The molecule has 13 heavy (non-hydrogen) atoms. The Kier molecular flexibility index (Phi) is 6.73. The van der Waals surface area contributed by atoms with Gasteiger partial charge in [0.1, 0.15) is 11.5 Å². The zero-order valence-electron chi connectivity index (χ0n) is 8.03. The highest BCUT2D eigenvalue weighted by atomic mass is 16.5. The molecule has 0 aliphatic rings. The molecule has 0 fully saturated rings. The van der Waals surface area contributed by atoms with E-state index in [-0.39, 0.29) is 12.4 Å². The number of hydrogen-bond acceptors (Lipinski definition) is 3. The van der Waals surface area contributed by atoms with Crippen molar-refractivity contribution in [1.29, 1.82) is 0 Å². The van der Waals surface area contributed by atoms with E-state index in [0.717, 1.165) is 0 Å². The summed E-state index contributed by atoms with van der Waals surface area (Å²) < 4.78 is 4.95. The first-order chi connectivity index (χ1) is 6.24. The van der Waals surface area contributed by atoms with E-state index in [9.17, 15) is 5.11 Å². The molecule has 0 atom stereocenters. The molecule has 0 heterocycles. The molecule has 0 aromatic rings. The number of aliphatic hydroxyl groups excluding tert-OH is 2. The quantitative estimate of drug-likeness (QED) is 0.507. The third kappa shape index (κ3) is 5.99. The van der Waals surface area contributed by atoms with Gasteiger partial charge in [-0.15, -0.1) is 0 Å². The Balaban J connectivity index is 4.31. The topological polar surface area (TPSA) is 49.7 Å². The molecular formula is C10H16O3. The lowest BCUT2D eigenvalue weighted by Crippen LogP contribution is -1.85. The van der Waals surface area contributed by atoms with E-state index in [0.29, 0.717) is 12.2 Å². The first-order valence-electron chi connectivity index (χ1n) is 4.13. The Morgan fingerprint density at radius 2 is 2.15 bits per heavy atom. The van der Waals surface area contributed by atoms with Crippen molar-refractivity contribution in [2.24, 2.45) is 0 Å². The Morgan fingerprint density at radius 3 is 2.62 bits per heavy atom. The van der Waals surface area contributed by atoms with Crippen LogP contribution in [0.5, 0.6) is 0 Å². The van der Waals surface area contributed by atoms with Gasteiger partial charge < -0.3 is 14.9 Å². The van der Waals surface area contributed by atoms with Crippen molar-refractivity contribution in [2.45, 2.75) is 13.3 Å². The van der Waals surface area contributed by atoms with Crippen LogP contribution < -0.4 is 0 Å². The second-order valence-electron chi connectivity index (χ2n) is 2.39. The van der Waals surface area contributed by atoms with Gasteiger partial charge in [-0.1, -0.05) is 6.08 Å². The molecule has 0 aliphatic carbocycles. The van der Waals surface area contributed by atoms with E-state index < -0.39 is 0 Å². The van der Waals surface area contributed by atoms with Crippen LogP contribution in [-0.4, -0.2) is 23.9 Å². The zero-order valence-corrected chi connectivity index (χ0v) is 8.03. The molecule has 74 valence electrons. The van der Waals surface area contributed by atoms with Crippen molar-refractivity contribution in [3.05, 3.63) is 35.8 Å². The first-order valence-corrected chi connectivity index (χ1v) is 4.13. The molecule has 0 spiro atoms. The van der Waals surface area contributed by atoms with Crippen LogP contribution >= 0.6 is 0 Å². The van der Waals surface area contributed by atoms with Crippen LogP contribution in [-0.2, 0) is 4.74 Å². The maximum absolute atomic E-state index is 9.27. The van der Waals surface area contributed by atoms with Crippen LogP contribution in [0.4, 0.5) is 0 Å². The van der Waals surface area contributed by atoms with E-state index in [1.807, 2.05) is 13.0 Å². The van der Waals surface area contributed by atoms with Crippen molar-refractivity contribution >= 4 is 0 Å². The summed E-state index contributed by atoms with van der Waals surface area (Å²) in [6, 6.07) is 0. The minimum Gasteiger partial charge on any atom is -0.508 e. The van der Waals surface area contributed by atoms with Crippen LogP contribution in [0, 0.1) is 0 Å². The molecule has 0 saturated heterocycles. The van der Waals surface area contributed by atoms with Crippen molar-refractivity contribution in [3.63, 3.8) is 0 Å². The van der Waals surface area contributed by atoms with Gasteiger partial charge in [0.2, 0.25) is 0 Å². The number of hydrogen-bond donors (Lipinski definition) is 2. The molecule has 0 unspecified atom stereocenters. The Bertz CT molecular complexity index is 214. The molecule has 3 nitrogen and oxygen atoms in total. The lowest BCUT2D eigenvalue weighted by Gasteiger charge is -1.99. The summed E-state index contributed by atoms with van der Waals surface area (Å²) in [6.07, 6.45) is 7.02. The average Bonchev–Trinajstić information content (AvgIpc) is 2.14. The van der Waals surface area contributed by atoms with Crippen molar-refractivity contribution in [2.75, 3.05) is 13.7 Å². The Hall–Kier alpha value is -1.22. The van der Waals surface area contributed by atoms with Gasteiger partial charge in [0, 0.05) is 12.7 Å². The lowest BCUT2D eigenvalue weighted by molar-refractivity contribution is 0.296. The van der Waals surface area contributed by atoms with Crippen molar-refractivity contribution in [3.8, 4) is 0 Å². The third-order valence-electron chi connectivity index (χ3n) is 1.34. The predicted octanol–water partition coefficient (Wildman–Crippen LogP) is 1.92. The molecule has 0 amide bonds. The maximum atomic E-state index is 9.27. The molecule has 0 bridgehead atoms. The highest BCUT2D eigenvalue weighted by molar-refractivity contribution is 5.21. The highest BCUT2D eigenvalue weighted by Gasteiger charge is 1.91. The van der Waals surface area contributed by atoms with Crippen LogP contribution in [0.25, 0.3) is 0 Å². The van der Waals surface area contributed by atoms with Crippen LogP contribution in [0.1, 0.15) is 13.3 Å². The molecule has 0 aromatic carbocycles. The van der Waals surface area contributed by atoms with E-state index in [1.165, 1.54) is 19.3 Å². The molecule has 0 aromatic heterocycles. The zero-order chi connectivity index (χ0) is 10.1. The standard InChI is InChI=1S/C10H16O3/c1-3-5-10(13-2)8-9(12)6-4-7-11/h3,5-6,8,11-12H,4,7H2,1-2H3/b5-3-,9-6-,10-8+. The maximum Gasteiger partial charge on any atom is 0.122 e. The summed E-state index contributed by atoms with van der Waals surface area (Å²) in [6.45, 7) is 1.89. The number of rotatable bonds is 5. The van der Waals surface area contributed by atoms with Gasteiger partial charge in [-0.2, -0.15) is 0 Å². The van der Waals surface area contributed by atoms with Crippen LogP contribution in [0.15, 0.2) is 35.8 Å². The third-order valence-corrected chi connectivity index (χ3v) is 1.34. The van der Waals surface area contributed by atoms with Gasteiger partial charge >= 0.3 is 0 Å². The molecule has 0 rings (SSSR count). The largest absolute Gasteiger partial charge is 0.508 e. The van der Waals surface area contributed by atoms with Crippen molar-refractivity contribution < 1.29 is 14.9 Å². The normalized spacial score (nSPS) is 13.8. The SMILES string of the molecule is C\C=C/C(=C\C(O)=C\CCO)OC. The minimum absolute atomic E-state index is 0.0316. The summed E-state index contributed by atoms with van der Waals surface area (Å²) in [5, 5.41) is 17.8. The summed E-state index contributed by atoms with van der Waals surface area (Å²) in [5.41, 5.74) is 0. The highest BCUT2D eigenvalue weighted by Crippen LogP contribution is 2.03. The number of methoxy groups -OCH3 is 1.